The maximum Gasteiger partial charge on any atom is 0.409 e. The van der Waals surface area contributed by atoms with E-state index in [9.17, 15) is 19.2 Å². The minimum atomic E-state index is -1.24. The molecule has 5 rings (SSSR count). The van der Waals surface area contributed by atoms with Crippen LogP contribution in [0, 0.1) is 23.2 Å². The van der Waals surface area contributed by atoms with E-state index in [-0.39, 0.29) is 49.1 Å². The number of carbonyl (C=O) groups is 4. The van der Waals surface area contributed by atoms with Gasteiger partial charge in [-0.25, -0.2) is 14.8 Å². The molecule has 3 amide bonds. The molecule has 13 nitrogen and oxygen atoms in total. The van der Waals surface area contributed by atoms with Crippen LogP contribution in [0.2, 0.25) is 13.1 Å². The summed E-state index contributed by atoms with van der Waals surface area (Å²) in [4.78, 5) is 68.7. The Labute approximate surface area is 328 Å². The third-order valence-corrected chi connectivity index (χ3v) is 11.3. The number of ether oxygens (including phenoxy) is 2. The van der Waals surface area contributed by atoms with Crippen LogP contribution in [0.3, 0.4) is 0 Å². The van der Waals surface area contributed by atoms with E-state index >= 15 is 0 Å². The van der Waals surface area contributed by atoms with Gasteiger partial charge in [0.2, 0.25) is 5.91 Å². The van der Waals surface area contributed by atoms with E-state index in [1.165, 1.54) is 0 Å². The van der Waals surface area contributed by atoms with Crippen molar-refractivity contribution >= 4 is 38.7 Å². The number of hydrogen-bond acceptors (Lipinski definition) is 10. The second kappa shape index (κ2) is 17.8. The summed E-state index contributed by atoms with van der Waals surface area (Å²) in [5.41, 5.74) is 0.257. The first-order chi connectivity index (χ1) is 25.9. The molecule has 1 aromatic heterocycles. The van der Waals surface area contributed by atoms with Gasteiger partial charge in [0.1, 0.15) is 23.2 Å². The van der Waals surface area contributed by atoms with Crippen molar-refractivity contribution in [2.24, 2.45) is 23.2 Å². The number of unbranched alkanes of at least 4 members (excludes halogenated alkanes) is 1. The number of piperazine rings is 1. The van der Waals surface area contributed by atoms with Crippen molar-refractivity contribution in [2.45, 2.75) is 105 Å². The molecule has 5 atom stereocenters. The van der Waals surface area contributed by atoms with Crippen LogP contribution in [-0.4, -0.2) is 116 Å². The van der Waals surface area contributed by atoms with Crippen molar-refractivity contribution in [2.75, 3.05) is 50.8 Å². The van der Waals surface area contributed by atoms with Gasteiger partial charge >= 0.3 is 12.1 Å². The number of carbonyl (C=O) groups excluding carboxylic acids is 4. The van der Waals surface area contributed by atoms with E-state index < -0.39 is 38.7 Å². The molecule has 2 aromatic rings. The molecule has 1 unspecified atom stereocenters. The first kappa shape index (κ1) is 42.1. The molecule has 2 saturated heterocycles. The van der Waals surface area contributed by atoms with Gasteiger partial charge in [-0.2, -0.15) is 0 Å². The fraction of sp³-hybridized carbons (Fsp3) is 0.659. The van der Waals surface area contributed by atoms with Gasteiger partial charge in [0.25, 0.3) is 5.91 Å². The summed E-state index contributed by atoms with van der Waals surface area (Å²) in [6.45, 7) is 21.8. The Hall–Kier alpha value is -4.04. The number of nitrogens with one attached hydrogen (secondary N) is 1. The standard InChI is InChI=1S/C41H62N6O7Si/c1-10-11-23-52-39(51)46-21-19-45(20-22-46)38(50)30(17-18-33(48)53-41(5,6)7)43-37(49)31-24-32(44-36(42-31)27-15-13-12-14-16-27)47-25-28-29(26-47)34(28)35(40(2,3)4)54-55(8)9/h12-16,24,28-30,34-35,55H,10-11,17-23,25-26H2,1-9H3,(H,43,49)/t28-,29+,30-,34+,35?/m0/s1. The molecule has 55 heavy (non-hydrogen) atoms. The maximum atomic E-state index is 14.2. The third-order valence-electron chi connectivity index (χ3n) is 10.4. The number of amides is 3. The molecular weight excluding hydrogens is 717 g/mol. The van der Waals surface area contributed by atoms with Crippen LogP contribution in [0.15, 0.2) is 36.4 Å². The number of aromatic nitrogens is 2. The number of fused-ring (bicyclic) bond motifs is 1. The molecule has 3 fully saturated rings. The van der Waals surface area contributed by atoms with Crippen molar-refractivity contribution < 1.29 is 33.1 Å². The molecule has 0 bridgehead atoms. The predicted molar refractivity (Wildman–Crippen MR) is 214 cm³/mol. The van der Waals surface area contributed by atoms with Gasteiger partial charge in [-0.15, -0.1) is 0 Å². The molecule has 3 heterocycles. The number of benzene rings is 1. The second-order valence-corrected chi connectivity index (χ2v) is 19.9. The lowest BCUT2D eigenvalue weighted by Crippen LogP contribution is -2.56. The first-order valence-corrected chi connectivity index (χ1v) is 22.8. The molecule has 14 heteroatoms. The van der Waals surface area contributed by atoms with Crippen molar-refractivity contribution in [3.63, 3.8) is 0 Å². The molecule has 1 aliphatic carbocycles. The normalized spacial score (nSPS) is 20.8. The van der Waals surface area contributed by atoms with E-state index in [1.54, 1.807) is 36.6 Å². The number of hydrogen-bond donors (Lipinski definition) is 1. The van der Waals surface area contributed by atoms with Gasteiger partial charge in [-0.1, -0.05) is 64.4 Å². The van der Waals surface area contributed by atoms with Crippen LogP contribution in [0.4, 0.5) is 10.6 Å². The molecule has 1 N–H and O–H groups in total. The highest BCUT2D eigenvalue weighted by atomic mass is 28.3. The van der Waals surface area contributed by atoms with Crippen LogP contribution in [-0.2, 0) is 23.5 Å². The Balaban J connectivity index is 1.34. The molecule has 2 aliphatic heterocycles. The topological polar surface area (TPSA) is 144 Å². The van der Waals surface area contributed by atoms with E-state index in [2.05, 4.69) is 44.1 Å². The van der Waals surface area contributed by atoms with Gasteiger partial charge < -0.3 is 33.9 Å². The summed E-state index contributed by atoms with van der Waals surface area (Å²) in [5.74, 6) is 1.21. The Morgan fingerprint density at radius 3 is 2.15 bits per heavy atom. The summed E-state index contributed by atoms with van der Waals surface area (Å²) < 4.78 is 17.5. The highest BCUT2D eigenvalue weighted by molar-refractivity contribution is 6.48. The van der Waals surface area contributed by atoms with Gasteiger partial charge in [0.15, 0.2) is 14.9 Å². The number of esters is 1. The average molecular weight is 779 g/mol. The summed E-state index contributed by atoms with van der Waals surface area (Å²) in [7, 11) is -1.24. The summed E-state index contributed by atoms with van der Waals surface area (Å²) in [6.07, 6.45) is 1.49. The minimum absolute atomic E-state index is 0.0371. The largest absolute Gasteiger partial charge is 0.460 e. The van der Waals surface area contributed by atoms with Gasteiger partial charge in [0, 0.05) is 57.3 Å². The van der Waals surface area contributed by atoms with Crippen LogP contribution in [0.25, 0.3) is 11.4 Å². The highest BCUT2D eigenvalue weighted by Gasteiger charge is 2.61. The van der Waals surface area contributed by atoms with E-state index in [1.807, 2.05) is 37.3 Å². The van der Waals surface area contributed by atoms with Crippen LogP contribution in [0.5, 0.6) is 0 Å². The number of anilines is 1. The number of nitrogens with zero attached hydrogens (tertiary/aromatic N) is 5. The van der Waals surface area contributed by atoms with Crippen molar-refractivity contribution in [3.8, 4) is 11.4 Å². The van der Waals surface area contributed by atoms with Crippen molar-refractivity contribution in [1.29, 1.82) is 0 Å². The fourth-order valence-electron chi connectivity index (χ4n) is 7.67. The molecule has 0 radical (unpaired) electrons. The zero-order valence-electron chi connectivity index (χ0n) is 34.3. The van der Waals surface area contributed by atoms with Crippen molar-refractivity contribution in [1.82, 2.24) is 25.1 Å². The molecule has 1 saturated carbocycles. The zero-order chi connectivity index (χ0) is 40.1. The lowest BCUT2D eigenvalue weighted by atomic mass is 9.85. The molecule has 3 aliphatic rings. The Bertz CT molecular complexity index is 1640. The zero-order valence-corrected chi connectivity index (χ0v) is 35.5. The molecule has 1 aromatic carbocycles. The first-order valence-electron chi connectivity index (χ1n) is 20.0. The smallest absolute Gasteiger partial charge is 0.409 e. The lowest BCUT2D eigenvalue weighted by molar-refractivity contribution is -0.155. The van der Waals surface area contributed by atoms with Crippen molar-refractivity contribution in [3.05, 3.63) is 42.1 Å². The summed E-state index contributed by atoms with van der Waals surface area (Å²) >= 11 is 0. The number of piperidine rings is 1. The molecular formula is C41H62N6O7Si. The quantitative estimate of drug-likeness (QED) is 0.148. The van der Waals surface area contributed by atoms with Crippen LogP contribution in [0.1, 0.15) is 84.6 Å². The van der Waals surface area contributed by atoms with Gasteiger partial charge in [0.05, 0.1) is 12.7 Å². The molecule has 0 spiro atoms. The Morgan fingerprint density at radius 1 is 0.927 bits per heavy atom. The van der Waals surface area contributed by atoms with E-state index in [0.717, 1.165) is 31.5 Å². The van der Waals surface area contributed by atoms with Crippen LogP contribution >= 0.6 is 0 Å². The van der Waals surface area contributed by atoms with E-state index in [0.29, 0.717) is 49.1 Å². The third kappa shape index (κ3) is 11.3. The minimum Gasteiger partial charge on any atom is -0.460 e. The maximum absolute atomic E-state index is 14.2. The summed E-state index contributed by atoms with van der Waals surface area (Å²) in [6, 6.07) is 10.2. The Morgan fingerprint density at radius 2 is 1.56 bits per heavy atom. The fourth-order valence-corrected chi connectivity index (χ4v) is 8.85. The predicted octanol–water partition coefficient (Wildman–Crippen LogP) is 5.54. The summed E-state index contributed by atoms with van der Waals surface area (Å²) in [5, 5.41) is 2.92. The van der Waals surface area contributed by atoms with E-state index in [4.69, 9.17) is 23.9 Å². The van der Waals surface area contributed by atoms with Gasteiger partial charge in [-0.3, -0.25) is 14.4 Å². The molecule has 302 valence electrons. The van der Waals surface area contributed by atoms with Crippen LogP contribution < -0.4 is 10.2 Å². The SMILES string of the molecule is CCCCOC(=O)N1CCN(C(=O)[C@H](CCC(=O)OC(C)(C)C)NC(=O)c2cc(N3C[C@@H]4[C@H](C3)[C@H]4C(O[SiH](C)C)C(C)(C)C)nc(-c3ccccc3)n2)CC1. The lowest BCUT2D eigenvalue weighted by Gasteiger charge is -2.36. The Kier molecular flexibility index (Phi) is 13.6. The second-order valence-electron chi connectivity index (χ2n) is 17.5. The highest BCUT2D eigenvalue weighted by Crippen LogP contribution is 2.57. The monoisotopic (exact) mass is 778 g/mol. The number of rotatable bonds is 14. The average Bonchev–Trinajstić information content (AvgIpc) is 3.60. The van der Waals surface area contributed by atoms with Gasteiger partial charge in [-0.05, 0) is 69.9 Å².